The molecule has 0 heterocycles. The number of allylic oxidation sites excluding steroid dienone is 2. The van der Waals surface area contributed by atoms with Crippen LogP contribution in [0.25, 0.3) is 0 Å². The highest BCUT2D eigenvalue weighted by atomic mass is 14.0. The van der Waals surface area contributed by atoms with Crippen LogP contribution in [0.15, 0.2) is 12.2 Å². The van der Waals surface area contributed by atoms with Gasteiger partial charge in [0.05, 0.1) is 0 Å². The number of hydrogen-bond acceptors (Lipinski definition) is 0. The van der Waals surface area contributed by atoms with Crippen molar-refractivity contribution in [3.8, 4) is 0 Å². The minimum atomic E-state index is 0.873. The van der Waals surface area contributed by atoms with Crippen molar-refractivity contribution in [1.82, 2.24) is 0 Å². The highest BCUT2D eigenvalue weighted by Gasteiger charge is 1.98. The van der Waals surface area contributed by atoms with Gasteiger partial charge in [0.25, 0.3) is 0 Å². The second-order valence-electron chi connectivity index (χ2n) is 3.56. The van der Waals surface area contributed by atoms with Gasteiger partial charge in [-0.25, -0.2) is 0 Å². The van der Waals surface area contributed by atoms with Crippen LogP contribution in [0.5, 0.6) is 0 Å². The lowest BCUT2D eigenvalue weighted by molar-refractivity contribution is 0.480. The van der Waals surface area contributed by atoms with Crippen molar-refractivity contribution in [2.75, 3.05) is 0 Å². The molecule has 0 spiro atoms. The first kappa shape index (κ1) is 11.7. The number of unbranched alkanes of at least 4 members (excludes halogenated alkanes) is 1. The Morgan fingerprint density at radius 2 is 2.00 bits per heavy atom. The van der Waals surface area contributed by atoms with Gasteiger partial charge < -0.3 is 0 Å². The maximum Gasteiger partial charge on any atom is -0.0351 e. The van der Waals surface area contributed by atoms with Gasteiger partial charge in [-0.2, -0.15) is 0 Å². The van der Waals surface area contributed by atoms with Crippen molar-refractivity contribution in [3.05, 3.63) is 19.1 Å². The van der Waals surface area contributed by atoms with Gasteiger partial charge in [0, 0.05) is 0 Å². The molecule has 0 aliphatic heterocycles. The molecule has 0 aromatic carbocycles. The van der Waals surface area contributed by atoms with E-state index in [1.807, 2.05) is 0 Å². The molecule has 1 atom stereocenters. The van der Waals surface area contributed by atoms with E-state index in [4.69, 9.17) is 0 Å². The molecule has 0 saturated carbocycles. The van der Waals surface area contributed by atoms with E-state index in [-0.39, 0.29) is 0 Å². The third kappa shape index (κ3) is 7.84. The topological polar surface area (TPSA) is 0 Å². The zero-order valence-corrected chi connectivity index (χ0v) is 8.68. The van der Waals surface area contributed by atoms with Crippen molar-refractivity contribution in [2.45, 2.75) is 52.4 Å². The van der Waals surface area contributed by atoms with Crippen molar-refractivity contribution in [3.63, 3.8) is 0 Å². The predicted octanol–water partition coefficient (Wildman–Crippen LogP) is 4.37. The summed E-state index contributed by atoms with van der Waals surface area (Å²) >= 11 is 0. The molecule has 0 fully saturated rings. The van der Waals surface area contributed by atoms with Crippen LogP contribution >= 0.6 is 0 Å². The summed E-state index contributed by atoms with van der Waals surface area (Å²) < 4.78 is 0. The van der Waals surface area contributed by atoms with Crippen molar-refractivity contribution < 1.29 is 0 Å². The first-order valence-electron chi connectivity index (χ1n) is 5.25. The second kappa shape index (κ2) is 8.83. The van der Waals surface area contributed by atoms with Crippen molar-refractivity contribution >= 4 is 0 Å². The Balaban J connectivity index is 3.13. The zero-order chi connectivity index (χ0) is 9.23. The molecular weight excluding hydrogens is 144 g/mol. The molecule has 1 unspecified atom stereocenters. The smallest absolute Gasteiger partial charge is 0.0351 e. The van der Waals surface area contributed by atoms with Gasteiger partial charge in [-0.15, -0.1) is 0 Å². The predicted molar refractivity (Wildman–Crippen MR) is 57.0 cm³/mol. The summed E-state index contributed by atoms with van der Waals surface area (Å²) in [5, 5.41) is 0. The third-order valence-corrected chi connectivity index (χ3v) is 2.17. The molecule has 0 aromatic heterocycles. The fourth-order valence-corrected chi connectivity index (χ4v) is 1.36. The Hall–Kier alpha value is -0.260. The molecule has 0 saturated heterocycles. The molecule has 12 heavy (non-hydrogen) atoms. The lowest BCUT2D eigenvalue weighted by Gasteiger charge is -2.07. The fourth-order valence-electron chi connectivity index (χ4n) is 1.36. The summed E-state index contributed by atoms with van der Waals surface area (Å²) in [6, 6.07) is 0. The van der Waals surface area contributed by atoms with Crippen LogP contribution in [-0.2, 0) is 0 Å². The quantitative estimate of drug-likeness (QED) is 0.390. The van der Waals surface area contributed by atoms with Crippen LogP contribution in [0.3, 0.4) is 0 Å². The molecule has 0 aromatic rings. The van der Waals surface area contributed by atoms with Crippen LogP contribution in [0.4, 0.5) is 0 Å². The molecule has 1 radical (unpaired) electrons. The minimum absolute atomic E-state index is 0.873. The lowest BCUT2D eigenvalue weighted by atomic mass is 9.99. The summed E-state index contributed by atoms with van der Waals surface area (Å²) in [7, 11) is 0. The van der Waals surface area contributed by atoms with Gasteiger partial charge in [0.2, 0.25) is 0 Å². The van der Waals surface area contributed by atoms with Gasteiger partial charge in [0.1, 0.15) is 0 Å². The maximum atomic E-state index is 3.87. The van der Waals surface area contributed by atoms with E-state index in [0.29, 0.717) is 0 Å². The van der Waals surface area contributed by atoms with Crippen LogP contribution < -0.4 is 0 Å². The van der Waals surface area contributed by atoms with E-state index in [0.717, 1.165) is 12.3 Å². The monoisotopic (exact) mass is 167 g/mol. The molecule has 0 bridgehead atoms. The highest BCUT2D eigenvalue weighted by Crippen LogP contribution is 2.13. The van der Waals surface area contributed by atoms with Gasteiger partial charge in [0.15, 0.2) is 0 Å². The average molecular weight is 167 g/mol. The zero-order valence-electron chi connectivity index (χ0n) is 8.68. The Kier molecular flexibility index (Phi) is 8.64. The van der Waals surface area contributed by atoms with E-state index < -0.39 is 0 Å². The SMILES string of the molecule is [CH2]CCC(C)CCC/C=C/CC. The van der Waals surface area contributed by atoms with Crippen LogP contribution in [0.1, 0.15) is 52.4 Å². The van der Waals surface area contributed by atoms with Gasteiger partial charge >= 0.3 is 0 Å². The van der Waals surface area contributed by atoms with Crippen LogP contribution in [0, 0.1) is 12.8 Å². The van der Waals surface area contributed by atoms with Gasteiger partial charge in [-0.05, 0) is 25.2 Å². The normalized spacial score (nSPS) is 13.9. The summed E-state index contributed by atoms with van der Waals surface area (Å²) in [5.41, 5.74) is 0. The minimum Gasteiger partial charge on any atom is -0.0888 e. The summed E-state index contributed by atoms with van der Waals surface area (Å²) in [5.74, 6) is 0.873. The van der Waals surface area contributed by atoms with Crippen molar-refractivity contribution in [1.29, 1.82) is 0 Å². The Bertz CT molecular complexity index is 103. The lowest BCUT2D eigenvalue weighted by Crippen LogP contribution is -1.92. The van der Waals surface area contributed by atoms with E-state index in [1.54, 1.807) is 0 Å². The molecule has 0 aliphatic carbocycles. The molecular formula is C12H23. The van der Waals surface area contributed by atoms with Gasteiger partial charge in [-0.1, -0.05) is 52.2 Å². The maximum absolute atomic E-state index is 3.87. The molecule has 0 aliphatic rings. The molecule has 0 rings (SSSR count). The highest BCUT2D eigenvalue weighted by molar-refractivity contribution is 4.79. The molecule has 0 nitrogen and oxygen atoms in total. The van der Waals surface area contributed by atoms with Crippen LogP contribution in [-0.4, -0.2) is 0 Å². The second-order valence-corrected chi connectivity index (χ2v) is 3.56. The Morgan fingerprint density at radius 3 is 2.58 bits per heavy atom. The van der Waals surface area contributed by atoms with E-state index in [2.05, 4.69) is 32.9 Å². The largest absolute Gasteiger partial charge is 0.0888 e. The Morgan fingerprint density at radius 1 is 1.25 bits per heavy atom. The fraction of sp³-hybridized carbons (Fsp3) is 0.750. The first-order chi connectivity index (χ1) is 5.81. The summed E-state index contributed by atoms with van der Waals surface area (Å²) in [4.78, 5) is 0. The average Bonchev–Trinajstić information content (AvgIpc) is 2.05. The summed E-state index contributed by atoms with van der Waals surface area (Å²) in [6.07, 6.45) is 12.1. The Labute approximate surface area is 78.1 Å². The van der Waals surface area contributed by atoms with Gasteiger partial charge in [-0.3, -0.25) is 0 Å². The van der Waals surface area contributed by atoms with Crippen LogP contribution in [0.2, 0.25) is 0 Å². The first-order valence-corrected chi connectivity index (χ1v) is 5.25. The molecule has 0 amide bonds. The summed E-state index contributed by atoms with van der Waals surface area (Å²) in [6.45, 7) is 8.38. The third-order valence-electron chi connectivity index (χ3n) is 2.17. The van der Waals surface area contributed by atoms with E-state index >= 15 is 0 Å². The molecule has 0 heteroatoms. The van der Waals surface area contributed by atoms with E-state index in [9.17, 15) is 0 Å². The number of rotatable bonds is 7. The standard InChI is InChI=1S/C12H23/c1-4-6-7-8-9-11-12(3)10-5-2/h6-7,12H,2,4-5,8-11H2,1,3H3/b7-6+. The van der Waals surface area contributed by atoms with Crippen molar-refractivity contribution in [2.24, 2.45) is 5.92 Å². The van der Waals surface area contributed by atoms with E-state index in [1.165, 1.54) is 32.1 Å². The molecule has 71 valence electrons. The number of hydrogen-bond donors (Lipinski definition) is 0. The molecule has 0 N–H and O–H groups in total.